The molecule has 16 bridgehead atoms. The molecule has 4 N–H and O–H groups in total. The Bertz CT molecular complexity index is 2130. The van der Waals surface area contributed by atoms with Crippen LogP contribution in [0.2, 0.25) is 0 Å². The lowest BCUT2D eigenvalue weighted by atomic mass is 9.49. The number of rotatable bonds is 40. The summed E-state index contributed by atoms with van der Waals surface area (Å²) < 4.78 is 46.8. The van der Waals surface area contributed by atoms with Gasteiger partial charge in [-0.2, -0.15) is 0 Å². The van der Waals surface area contributed by atoms with E-state index in [4.69, 9.17) is 37.9 Å². The molecule has 16 fully saturated rings. The van der Waals surface area contributed by atoms with Gasteiger partial charge in [-0.1, -0.05) is 0 Å². The number of esters is 4. The predicted octanol–water partition coefficient (Wildman–Crippen LogP) is 8.66. The highest BCUT2D eigenvalue weighted by molar-refractivity contribution is 5.83. The van der Waals surface area contributed by atoms with Crippen LogP contribution in [0.3, 0.4) is 0 Å². The second-order valence-electron chi connectivity index (χ2n) is 33.4. The molecule has 0 saturated heterocycles. The number of carbonyl (C=O) groups excluding carboxylic acids is 8. The van der Waals surface area contributed by atoms with Gasteiger partial charge in [0.15, 0.2) is 0 Å². The van der Waals surface area contributed by atoms with E-state index in [-0.39, 0.29) is 176 Å². The Morgan fingerprint density at radius 3 is 0.602 bits per heavy atom. The van der Waals surface area contributed by atoms with Gasteiger partial charge in [0.2, 0.25) is 23.6 Å². The molecule has 0 aromatic rings. The standard InChI is InChI=1S/C73H112N4O16/c78-61(74-41-69-29-49-17-50(30-69)19-51(18-49)31-69)1-5-65(82)90-13-9-86-45-73(46-87-10-14-91-66(83)6-2-62(79)75-42-70-32-52-20-53(33-70)22-54(21-52)34-70,47-88-11-15-92-67(84)7-3-63(80)76-43-71-35-55-23-56(36-71)25-57(24-55)37-71)48-89-12-16-93-68(85)8-4-64(81)77-44-72-38-58-26-59(39-72)28-60(27-58)40-72/h49-60H,1-48H2,(H,74,78)(H,75,79)(H,76,80)(H,77,81). The topological polar surface area (TPSA) is 259 Å². The van der Waals surface area contributed by atoms with Gasteiger partial charge in [0.25, 0.3) is 0 Å². The zero-order chi connectivity index (χ0) is 64.5. The van der Waals surface area contributed by atoms with Gasteiger partial charge < -0.3 is 59.2 Å². The Hall–Kier alpha value is -4.40. The molecule has 16 aliphatic rings. The lowest BCUT2D eigenvalue weighted by molar-refractivity contribution is -0.153. The quantitative estimate of drug-likeness (QED) is 0.0254. The van der Waals surface area contributed by atoms with Crippen LogP contribution in [0.5, 0.6) is 0 Å². The first-order valence-electron chi connectivity index (χ1n) is 36.9. The number of nitrogens with one attached hydrogen (secondary N) is 4. The van der Waals surface area contributed by atoms with Crippen molar-refractivity contribution >= 4 is 47.5 Å². The fourth-order valence-electron chi connectivity index (χ4n) is 22.9. The van der Waals surface area contributed by atoms with Crippen LogP contribution in [0.4, 0.5) is 0 Å². The third kappa shape index (κ3) is 19.0. The summed E-state index contributed by atoms with van der Waals surface area (Å²) in [7, 11) is 0. The highest BCUT2D eigenvalue weighted by Gasteiger charge is 2.54. The normalized spacial score (nSPS) is 35.4. The molecule has 16 aliphatic carbocycles. The number of hydrogen-bond acceptors (Lipinski definition) is 16. The van der Waals surface area contributed by atoms with E-state index in [2.05, 4.69) is 21.3 Å². The third-order valence-electron chi connectivity index (χ3n) is 25.1. The molecule has 0 aromatic carbocycles. The summed E-state index contributed by atoms with van der Waals surface area (Å²) in [6.07, 6.45) is 30.0. The molecule has 0 aromatic heterocycles. The minimum atomic E-state index is -1.06. The summed E-state index contributed by atoms with van der Waals surface area (Å²) in [5.41, 5.74) is -0.289. The van der Waals surface area contributed by atoms with Gasteiger partial charge in [0.05, 0.1) is 84.0 Å². The van der Waals surface area contributed by atoms with E-state index in [0.717, 1.165) is 71.0 Å². The summed E-state index contributed by atoms with van der Waals surface area (Å²) in [6.45, 7) is 2.13. The molecule has 520 valence electrons. The first-order valence-corrected chi connectivity index (χ1v) is 36.9. The summed E-state index contributed by atoms with van der Waals surface area (Å²) in [4.78, 5) is 104. The van der Waals surface area contributed by atoms with Crippen molar-refractivity contribution in [3.8, 4) is 0 Å². The van der Waals surface area contributed by atoms with Crippen molar-refractivity contribution in [1.82, 2.24) is 21.3 Å². The van der Waals surface area contributed by atoms with E-state index < -0.39 is 29.3 Å². The number of ether oxygens (including phenoxy) is 8. The van der Waals surface area contributed by atoms with Gasteiger partial charge in [0, 0.05) is 51.9 Å². The molecule has 0 radical (unpaired) electrons. The minimum Gasteiger partial charge on any atom is -0.463 e. The van der Waals surface area contributed by atoms with E-state index in [1.54, 1.807) is 0 Å². The molecule has 16 saturated carbocycles. The maximum atomic E-state index is 13.0. The molecule has 0 heterocycles. The Morgan fingerprint density at radius 1 is 0.258 bits per heavy atom. The molecule has 4 amide bonds. The zero-order valence-corrected chi connectivity index (χ0v) is 55.9. The van der Waals surface area contributed by atoms with Crippen molar-refractivity contribution in [3.05, 3.63) is 0 Å². The summed E-state index contributed by atoms with van der Waals surface area (Å²) in [5.74, 6) is 6.68. The van der Waals surface area contributed by atoms with Crippen LogP contribution in [0.25, 0.3) is 0 Å². The molecule has 0 spiro atoms. The fourth-order valence-corrected chi connectivity index (χ4v) is 22.9. The van der Waals surface area contributed by atoms with Crippen molar-refractivity contribution in [3.63, 3.8) is 0 Å². The van der Waals surface area contributed by atoms with E-state index in [1.165, 1.54) is 154 Å². The van der Waals surface area contributed by atoms with Crippen molar-refractivity contribution in [2.24, 2.45) is 98.1 Å². The molecular formula is C73H112N4O16. The SMILES string of the molecule is O=C(CCC(=O)OCCOCC(COCCOC(=O)CCC(=O)NCC12CC3CC(CC(C3)C1)C2)(COCCOC(=O)CCC(=O)NCC12CC3CC(CC(C3)C1)C2)COCCOC(=O)CCC(=O)NCC12CC3CC(CC(C3)C1)C2)NCC12CC3CC(CC(C3)C1)C2. The number of carbonyl (C=O) groups is 8. The molecule has 20 heteroatoms. The van der Waals surface area contributed by atoms with Crippen LogP contribution < -0.4 is 21.3 Å². The van der Waals surface area contributed by atoms with Crippen molar-refractivity contribution in [1.29, 1.82) is 0 Å². The molecule has 16 rings (SSSR count). The number of hydrogen-bond donors (Lipinski definition) is 4. The van der Waals surface area contributed by atoms with Crippen LogP contribution in [-0.4, -0.2) is 153 Å². The van der Waals surface area contributed by atoms with Gasteiger partial charge >= 0.3 is 23.9 Å². The monoisotopic (exact) mass is 1300 g/mol. The lowest BCUT2D eigenvalue weighted by Gasteiger charge is -2.56. The fraction of sp³-hybridized carbons (Fsp3) is 0.890. The van der Waals surface area contributed by atoms with Crippen LogP contribution in [0.1, 0.15) is 205 Å². The average Bonchev–Trinajstić information content (AvgIpc) is 0.783. The van der Waals surface area contributed by atoms with Crippen molar-refractivity contribution in [2.45, 2.75) is 205 Å². The smallest absolute Gasteiger partial charge is 0.306 e. The van der Waals surface area contributed by atoms with E-state index >= 15 is 0 Å². The zero-order valence-electron chi connectivity index (χ0n) is 55.9. The van der Waals surface area contributed by atoms with Gasteiger partial charge in [-0.3, -0.25) is 38.4 Å². The molecular weight excluding hydrogens is 1190 g/mol. The first-order chi connectivity index (χ1) is 44.9. The Kier molecular flexibility index (Phi) is 22.8. The third-order valence-corrected chi connectivity index (χ3v) is 25.1. The van der Waals surface area contributed by atoms with Gasteiger partial charge in [0.1, 0.15) is 26.4 Å². The highest BCUT2D eigenvalue weighted by atomic mass is 16.6. The minimum absolute atomic E-state index is 0.0130. The average molecular weight is 1300 g/mol. The van der Waals surface area contributed by atoms with Crippen molar-refractivity contribution < 1.29 is 76.3 Å². The van der Waals surface area contributed by atoms with Crippen LogP contribution in [0, 0.1) is 98.1 Å². The molecule has 0 aliphatic heterocycles. The van der Waals surface area contributed by atoms with E-state index in [9.17, 15) is 38.4 Å². The second kappa shape index (κ2) is 31.0. The molecule has 93 heavy (non-hydrogen) atoms. The van der Waals surface area contributed by atoms with Crippen molar-refractivity contribution in [2.75, 3.05) is 105 Å². The first kappa shape index (κ1) is 68.5. The Balaban J connectivity index is 0.598. The van der Waals surface area contributed by atoms with E-state index in [0.29, 0.717) is 26.2 Å². The van der Waals surface area contributed by atoms with Crippen LogP contribution in [0.15, 0.2) is 0 Å². The summed E-state index contributed by atoms with van der Waals surface area (Å²) >= 11 is 0. The Labute approximate surface area is 551 Å². The van der Waals surface area contributed by atoms with Crippen LogP contribution >= 0.6 is 0 Å². The maximum absolute atomic E-state index is 13.0. The molecule has 0 unspecified atom stereocenters. The predicted molar refractivity (Wildman–Crippen MR) is 341 cm³/mol. The number of amides is 4. The summed E-state index contributed by atoms with van der Waals surface area (Å²) in [5, 5.41) is 12.6. The largest absolute Gasteiger partial charge is 0.463 e. The maximum Gasteiger partial charge on any atom is 0.306 e. The van der Waals surface area contributed by atoms with Gasteiger partial charge in [-0.15, -0.1) is 0 Å². The molecule has 0 atom stereocenters. The van der Waals surface area contributed by atoms with E-state index in [1.807, 2.05) is 0 Å². The Morgan fingerprint density at radius 2 is 0.430 bits per heavy atom. The highest BCUT2D eigenvalue weighted by Crippen LogP contribution is 2.63. The lowest BCUT2D eigenvalue weighted by Crippen LogP contribution is -2.51. The van der Waals surface area contributed by atoms with Crippen LogP contribution in [-0.2, 0) is 76.3 Å². The van der Waals surface area contributed by atoms with Gasteiger partial charge in [-0.25, -0.2) is 0 Å². The molecule has 20 nitrogen and oxygen atoms in total. The second-order valence-corrected chi connectivity index (χ2v) is 33.4. The van der Waals surface area contributed by atoms with Gasteiger partial charge in [-0.05, 0) is 247 Å². The summed E-state index contributed by atoms with van der Waals surface area (Å²) in [6, 6.07) is 0.